The molecular formula is C36H32N2O4. The predicted octanol–water partition coefficient (Wildman–Crippen LogP) is 7.03. The third-order valence-electron chi connectivity index (χ3n) is 8.22. The van der Waals surface area contributed by atoms with Crippen LogP contribution in [-0.2, 0) is 24.1 Å². The van der Waals surface area contributed by atoms with Gasteiger partial charge in [-0.2, -0.15) is 0 Å². The molecule has 1 aliphatic rings. The van der Waals surface area contributed by atoms with Gasteiger partial charge in [-0.25, -0.2) is 4.79 Å². The minimum Gasteiger partial charge on any atom is -0.478 e. The molecule has 5 aromatic rings. The van der Waals surface area contributed by atoms with Crippen LogP contribution in [0.25, 0.3) is 11.1 Å². The standard InChI is InChI=1S/C36H32N2O4/c39-33(22-25-10-6-12-27(21-25)28-13-7-14-30(23-28)36(40)41)38-35(32-18-19-37-42-32)34-29(20-24-8-2-1-3-9-24)17-16-26-11-4-5-15-31(26)34/h1-15,18-19,21,23,29,34-35H,16-17,20,22H2,(H,38,39)(H,40,41). The number of benzene rings is 4. The van der Waals surface area contributed by atoms with Gasteiger partial charge in [0.2, 0.25) is 5.91 Å². The molecule has 0 spiro atoms. The molecule has 0 bridgehead atoms. The second-order valence-corrected chi connectivity index (χ2v) is 10.9. The van der Waals surface area contributed by atoms with Gasteiger partial charge < -0.3 is 14.9 Å². The number of hydrogen-bond donors (Lipinski definition) is 2. The zero-order chi connectivity index (χ0) is 28.9. The summed E-state index contributed by atoms with van der Waals surface area (Å²) in [4.78, 5) is 25.1. The molecule has 6 heteroatoms. The number of carbonyl (C=O) groups excluding carboxylic acids is 1. The van der Waals surface area contributed by atoms with Crippen LogP contribution < -0.4 is 5.32 Å². The van der Waals surface area contributed by atoms with Crippen molar-refractivity contribution in [1.82, 2.24) is 10.5 Å². The highest BCUT2D eigenvalue weighted by Crippen LogP contribution is 2.45. The molecule has 1 heterocycles. The number of hydrogen-bond acceptors (Lipinski definition) is 4. The molecule has 1 aliphatic carbocycles. The number of nitrogens with zero attached hydrogens (tertiary/aromatic N) is 1. The van der Waals surface area contributed by atoms with E-state index in [0.29, 0.717) is 11.7 Å². The van der Waals surface area contributed by atoms with Gasteiger partial charge in [0.15, 0.2) is 5.76 Å². The maximum atomic E-state index is 13.7. The summed E-state index contributed by atoms with van der Waals surface area (Å²) in [6.45, 7) is 0. The van der Waals surface area contributed by atoms with E-state index in [1.165, 1.54) is 16.7 Å². The Labute approximate surface area is 245 Å². The van der Waals surface area contributed by atoms with E-state index in [9.17, 15) is 14.7 Å². The molecule has 0 saturated carbocycles. The fourth-order valence-corrected chi connectivity index (χ4v) is 6.29. The fraction of sp³-hybridized carbons (Fsp3) is 0.194. The lowest BCUT2D eigenvalue weighted by Crippen LogP contribution is -2.38. The topological polar surface area (TPSA) is 92.4 Å². The zero-order valence-corrected chi connectivity index (χ0v) is 23.1. The molecule has 3 unspecified atom stereocenters. The van der Waals surface area contributed by atoms with Crippen molar-refractivity contribution in [2.45, 2.75) is 37.6 Å². The predicted molar refractivity (Wildman–Crippen MR) is 161 cm³/mol. The summed E-state index contributed by atoms with van der Waals surface area (Å²) in [6.07, 6.45) is 4.71. The van der Waals surface area contributed by atoms with E-state index >= 15 is 0 Å². The first-order chi connectivity index (χ1) is 20.5. The number of carbonyl (C=O) groups is 2. The molecule has 0 saturated heterocycles. The second-order valence-electron chi connectivity index (χ2n) is 10.9. The zero-order valence-electron chi connectivity index (χ0n) is 23.1. The van der Waals surface area contributed by atoms with Crippen molar-refractivity contribution < 1.29 is 19.2 Å². The first-order valence-corrected chi connectivity index (χ1v) is 14.3. The van der Waals surface area contributed by atoms with Gasteiger partial charge in [-0.1, -0.05) is 96.2 Å². The maximum Gasteiger partial charge on any atom is 0.335 e. The van der Waals surface area contributed by atoms with Gasteiger partial charge in [-0.05, 0) is 70.7 Å². The van der Waals surface area contributed by atoms with Crippen LogP contribution in [0.3, 0.4) is 0 Å². The lowest BCUT2D eigenvalue weighted by Gasteiger charge is -2.38. The number of aromatic nitrogens is 1. The maximum absolute atomic E-state index is 13.7. The Bertz CT molecular complexity index is 1680. The Hall–Kier alpha value is -4.97. The van der Waals surface area contributed by atoms with Gasteiger partial charge in [-0.15, -0.1) is 0 Å². The number of nitrogens with one attached hydrogen (secondary N) is 1. The van der Waals surface area contributed by atoms with Gasteiger partial charge in [0.1, 0.15) is 0 Å². The Morgan fingerprint density at radius 2 is 1.60 bits per heavy atom. The Balaban J connectivity index is 1.28. The SMILES string of the molecule is O=C(Cc1cccc(-c2cccc(C(=O)O)c2)c1)NC(c1ccno1)C1c2ccccc2CCC1Cc1ccccc1. The molecule has 0 radical (unpaired) electrons. The number of carboxylic acid groups (broad SMARTS) is 1. The summed E-state index contributed by atoms with van der Waals surface area (Å²) in [5.74, 6) is -0.142. The fourth-order valence-electron chi connectivity index (χ4n) is 6.29. The van der Waals surface area contributed by atoms with Crippen molar-refractivity contribution in [2.24, 2.45) is 5.92 Å². The molecule has 2 N–H and O–H groups in total. The lowest BCUT2D eigenvalue weighted by molar-refractivity contribution is -0.121. The molecule has 1 aromatic heterocycles. The van der Waals surface area contributed by atoms with Crippen molar-refractivity contribution >= 4 is 11.9 Å². The summed E-state index contributed by atoms with van der Waals surface area (Å²) in [5, 5.41) is 16.7. The van der Waals surface area contributed by atoms with Crippen LogP contribution in [-0.4, -0.2) is 22.1 Å². The highest BCUT2D eigenvalue weighted by Gasteiger charge is 2.38. The smallest absolute Gasteiger partial charge is 0.335 e. The molecule has 6 nitrogen and oxygen atoms in total. The average molecular weight is 557 g/mol. The molecule has 1 amide bonds. The van der Waals surface area contributed by atoms with E-state index in [4.69, 9.17) is 4.52 Å². The van der Waals surface area contributed by atoms with Crippen molar-refractivity contribution in [3.63, 3.8) is 0 Å². The molecule has 3 atom stereocenters. The molecule has 4 aromatic carbocycles. The highest BCUT2D eigenvalue weighted by atomic mass is 16.5. The molecular weight excluding hydrogens is 524 g/mol. The number of carboxylic acids is 1. The van der Waals surface area contributed by atoms with Gasteiger partial charge >= 0.3 is 5.97 Å². The minimum absolute atomic E-state index is 0.0112. The van der Waals surface area contributed by atoms with Gasteiger partial charge in [0, 0.05) is 12.0 Å². The third-order valence-corrected chi connectivity index (χ3v) is 8.22. The monoisotopic (exact) mass is 556 g/mol. The number of aromatic carboxylic acids is 1. The van der Waals surface area contributed by atoms with E-state index in [-0.39, 0.29) is 29.9 Å². The van der Waals surface area contributed by atoms with Gasteiger partial charge in [0.05, 0.1) is 24.2 Å². The van der Waals surface area contributed by atoms with Crippen molar-refractivity contribution in [2.75, 3.05) is 0 Å². The summed E-state index contributed by atoms with van der Waals surface area (Å²) in [6, 6.07) is 35.0. The van der Waals surface area contributed by atoms with Crippen LogP contribution >= 0.6 is 0 Å². The summed E-state index contributed by atoms with van der Waals surface area (Å²) in [5.41, 5.74) is 6.54. The largest absolute Gasteiger partial charge is 0.478 e. The molecule has 0 aliphatic heterocycles. The summed E-state index contributed by atoms with van der Waals surface area (Å²) in [7, 11) is 0. The Morgan fingerprint density at radius 1 is 0.857 bits per heavy atom. The van der Waals surface area contributed by atoms with E-state index in [1.807, 2.05) is 42.5 Å². The van der Waals surface area contributed by atoms with Crippen LogP contribution in [0.15, 0.2) is 120 Å². The van der Waals surface area contributed by atoms with Crippen LogP contribution in [0.5, 0.6) is 0 Å². The number of rotatable bonds is 9. The molecule has 6 rings (SSSR count). The van der Waals surface area contributed by atoms with E-state index in [1.54, 1.807) is 24.4 Å². The third kappa shape index (κ3) is 6.03. The van der Waals surface area contributed by atoms with E-state index < -0.39 is 5.97 Å². The van der Waals surface area contributed by atoms with Gasteiger partial charge in [0.25, 0.3) is 0 Å². The van der Waals surface area contributed by atoms with Crippen molar-refractivity contribution in [3.8, 4) is 11.1 Å². The summed E-state index contributed by atoms with van der Waals surface area (Å²) >= 11 is 0. The first-order valence-electron chi connectivity index (χ1n) is 14.3. The van der Waals surface area contributed by atoms with E-state index in [0.717, 1.165) is 36.0 Å². The molecule has 210 valence electrons. The minimum atomic E-state index is -0.972. The van der Waals surface area contributed by atoms with Crippen molar-refractivity contribution in [3.05, 3.63) is 149 Å². The first kappa shape index (κ1) is 27.2. The average Bonchev–Trinajstić information content (AvgIpc) is 3.56. The number of amides is 1. The normalized spacial score (nSPS) is 16.8. The Kier molecular flexibility index (Phi) is 7.95. The lowest BCUT2D eigenvalue weighted by atomic mass is 9.69. The number of fused-ring (bicyclic) bond motifs is 1. The number of aryl methyl sites for hydroxylation is 1. The van der Waals surface area contributed by atoms with Crippen molar-refractivity contribution in [1.29, 1.82) is 0 Å². The van der Waals surface area contributed by atoms with Crippen LogP contribution in [0.2, 0.25) is 0 Å². The highest BCUT2D eigenvalue weighted by molar-refractivity contribution is 5.89. The molecule has 0 fully saturated rings. The molecule has 42 heavy (non-hydrogen) atoms. The summed E-state index contributed by atoms with van der Waals surface area (Å²) < 4.78 is 5.71. The second kappa shape index (κ2) is 12.3. The quantitative estimate of drug-likeness (QED) is 0.203. The van der Waals surface area contributed by atoms with Crippen LogP contribution in [0.4, 0.5) is 0 Å². The van der Waals surface area contributed by atoms with Crippen LogP contribution in [0, 0.1) is 5.92 Å². The Morgan fingerprint density at radius 3 is 2.38 bits per heavy atom. The van der Waals surface area contributed by atoms with Gasteiger partial charge in [-0.3, -0.25) is 4.79 Å². The van der Waals surface area contributed by atoms with Crippen LogP contribution in [0.1, 0.15) is 56.8 Å². The van der Waals surface area contributed by atoms with E-state index in [2.05, 4.69) is 59.0 Å².